The van der Waals surface area contributed by atoms with Gasteiger partial charge in [0, 0.05) is 18.5 Å². The summed E-state index contributed by atoms with van der Waals surface area (Å²) in [5.74, 6) is 0.0408. The summed E-state index contributed by atoms with van der Waals surface area (Å²) in [5, 5.41) is 2.13. The zero-order valence-electron chi connectivity index (χ0n) is 10.3. The molecule has 2 rings (SSSR count). The smallest absolute Gasteiger partial charge is 0.409 e. The minimum Gasteiger partial charge on any atom is -0.453 e. The molecule has 19 heavy (non-hydrogen) atoms. The number of alkyl halides is 2. The van der Waals surface area contributed by atoms with Crippen LogP contribution in [0.5, 0.6) is 0 Å². The molecule has 1 fully saturated rings. The van der Waals surface area contributed by atoms with Crippen LogP contribution in [0.3, 0.4) is 0 Å². The number of nitrogens with one attached hydrogen (secondary N) is 1. The molecule has 1 aliphatic heterocycles. The number of aromatic amines is 1. The number of rotatable bonds is 2. The fourth-order valence-electron chi connectivity index (χ4n) is 2.34. The fourth-order valence-corrected chi connectivity index (χ4v) is 2.34. The molecule has 2 heterocycles. The highest BCUT2D eigenvalue weighted by Gasteiger charge is 2.39. The molecule has 2 atom stereocenters. The Morgan fingerprint density at radius 2 is 2.37 bits per heavy atom. The predicted octanol–water partition coefficient (Wildman–Crippen LogP) is 1.55. The minimum atomic E-state index is -2.67. The van der Waals surface area contributed by atoms with Gasteiger partial charge in [0.2, 0.25) is 0 Å². The van der Waals surface area contributed by atoms with Gasteiger partial charge in [-0.05, 0) is 12.8 Å². The first-order chi connectivity index (χ1) is 9.02. The molecular formula is C11H14F2N2O4. The van der Waals surface area contributed by atoms with E-state index < -0.39 is 24.1 Å². The number of amides is 1. The summed E-state index contributed by atoms with van der Waals surface area (Å²) in [6.45, 7) is 0.140. The Hall–Kier alpha value is -1.86. The molecule has 0 spiro atoms. The van der Waals surface area contributed by atoms with E-state index in [2.05, 4.69) is 9.89 Å². The molecule has 1 N–H and O–H groups in total. The lowest BCUT2D eigenvalue weighted by Crippen LogP contribution is -2.49. The maximum absolute atomic E-state index is 13.0. The molecule has 0 aromatic carbocycles. The van der Waals surface area contributed by atoms with Crippen molar-refractivity contribution in [3.05, 3.63) is 22.2 Å². The van der Waals surface area contributed by atoms with Gasteiger partial charge in [-0.15, -0.1) is 0 Å². The van der Waals surface area contributed by atoms with E-state index in [0.29, 0.717) is 12.2 Å². The van der Waals surface area contributed by atoms with Crippen molar-refractivity contribution >= 4 is 6.09 Å². The van der Waals surface area contributed by atoms with Gasteiger partial charge in [-0.25, -0.2) is 13.6 Å². The summed E-state index contributed by atoms with van der Waals surface area (Å²) < 4.78 is 35.4. The number of likely N-dealkylation sites (tertiary alicyclic amines) is 1. The lowest BCUT2D eigenvalue weighted by molar-refractivity contribution is -0.00145. The van der Waals surface area contributed by atoms with Gasteiger partial charge in [-0.3, -0.25) is 9.69 Å². The molecule has 8 heteroatoms. The van der Waals surface area contributed by atoms with Crippen molar-refractivity contribution in [2.75, 3.05) is 13.7 Å². The summed E-state index contributed by atoms with van der Waals surface area (Å²) in [7, 11) is 1.15. The number of carbonyl (C=O) groups is 1. The van der Waals surface area contributed by atoms with Gasteiger partial charge >= 0.3 is 6.09 Å². The largest absolute Gasteiger partial charge is 0.453 e. The summed E-state index contributed by atoms with van der Waals surface area (Å²) in [6, 6.07) is 0.0208. The van der Waals surface area contributed by atoms with E-state index in [9.17, 15) is 18.4 Å². The fraction of sp³-hybridized carbons (Fsp3) is 0.636. The lowest BCUT2D eigenvalue weighted by Gasteiger charge is -2.37. The Labute approximate surface area is 107 Å². The molecule has 0 unspecified atom stereocenters. The van der Waals surface area contributed by atoms with Crippen LogP contribution in [0, 0.1) is 0 Å². The number of H-pyrrole nitrogens is 1. The first kappa shape index (κ1) is 13.6. The van der Waals surface area contributed by atoms with E-state index in [4.69, 9.17) is 4.52 Å². The summed E-state index contributed by atoms with van der Waals surface area (Å²) in [6.07, 6.45) is -2.96. The molecule has 0 bridgehead atoms. The Kier molecular flexibility index (Phi) is 3.87. The third-order valence-corrected chi connectivity index (χ3v) is 3.29. The van der Waals surface area contributed by atoms with Gasteiger partial charge in [0.15, 0.2) is 0 Å². The number of methoxy groups -OCH3 is 1. The minimum absolute atomic E-state index is 0.0353. The van der Waals surface area contributed by atoms with Gasteiger partial charge in [0.1, 0.15) is 5.76 Å². The van der Waals surface area contributed by atoms with Gasteiger partial charge in [-0.2, -0.15) is 5.16 Å². The van der Waals surface area contributed by atoms with Crippen LogP contribution in [-0.2, 0) is 4.74 Å². The van der Waals surface area contributed by atoms with E-state index >= 15 is 0 Å². The van der Waals surface area contributed by atoms with Crippen LogP contribution in [0.1, 0.15) is 24.5 Å². The van der Waals surface area contributed by atoms with Crippen LogP contribution in [-0.4, -0.2) is 42.3 Å². The molecule has 6 nitrogen and oxygen atoms in total. The number of hydrogen-bond donors (Lipinski definition) is 1. The van der Waals surface area contributed by atoms with Crippen molar-refractivity contribution in [1.82, 2.24) is 10.1 Å². The van der Waals surface area contributed by atoms with Crippen LogP contribution in [0.25, 0.3) is 0 Å². The monoisotopic (exact) mass is 276 g/mol. The van der Waals surface area contributed by atoms with Crippen LogP contribution >= 0.6 is 0 Å². The second-order valence-electron chi connectivity index (χ2n) is 4.40. The number of aromatic nitrogens is 1. The van der Waals surface area contributed by atoms with Crippen LogP contribution in [0.2, 0.25) is 0 Å². The second kappa shape index (κ2) is 5.41. The van der Waals surface area contributed by atoms with Crippen molar-refractivity contribution < 1.29 is 22.8 Å². The summed E-state index contributed by atoms with van der Waals surface area (Å²) >= 11 is 0. The quantitative estimate of drug-likeness (QED) is 0.889. The molecule has 0 aliphatic carbocycles. The van der Waals surface area contributed by atoms with Gasteiger partial charge in [0.25, 0.3) is 12.0 Å². The summed E-state index contributed by atoms with van der Waals surface area (Å²) in [4.78, 5) is 23.4. The topological polar surface area (TPSA) is 75.5 Å². The Bertz CT molecular complexity index is 499. The van der Waals surface area contributed by atoms with Crippen LogP contribution < -0.4 is 5.56 Å². The van der Waals surface area contributed by atoms with E-state index in [-0.39, 0.29) is 18.9 Å². The molecule has 0 radical (unpaired) electrons. The normalized spacial score (nSPS) is 23.7. The number of nitrogens with zero attached hydrogens (tertiary/aromatic N) is 1. The maximum Gasteiger partial charge on any atom is 0.409 e. The third kappa shape index (κ3) is 2.77. The number of ether oxygens (including phenoxy) is 1. The first-order valence-electron chi connectivity index (χ1n) is 5.84. The number of carbonyl (C=O) groups excluding carboxylic acids is 1. The number of piperidine rings is 1. The highest BCUT2D eigenvalue weighted by molar-refractivity contribution is 5.68. The zero-order chi connectivity index (χ0) is 14.0. The Balaban J connectivity index is 2.14. The average molecular weight is 276 g/mol. The standard InChI is InChI=1S/C11H14F2N2O4/c1-18-11(17)15-3-2-6(4-7(15)10(12)13)8-5-9(16)14-19-8/h5-7,10H,2-4H2,1H3,(H,14,16)/t6-,7+/m1/s1. The van der Waals surface area contributed by atoms with Gasteiger partial charge in [0.05, 0.1) is 13.2 Å². The number of hydrogen-bond acceptors (Lipinski definition) is 4. The molecular weight excluding hydrogens is 262 g/mol. The van der Waals surface area contributed by atoms with Crippen LogP contribution in [0.15, 0.2) is 15.4 Å². The molecule has 106 valence electrons. The van der Waals surface area contributed by atoms with E-state index in [1.54, 1.807) is 0 Å². The van der Waals surface area contributed by atoms with Crippen LogP contribution in [0.4, 0.5) is 13.6 Å². The highest BCUT2D eigenvalue weighted by atomic mass is 19.3. The average Bonchev–Trinajstić information content (AvgIpc) is 2.83. The van der Waals surface area contributed by atoms with Crippen molar-refractivity contribution in [2.24, 2.45) is 0 Å². The lowest BCUT2D eigenvalue weighted by atomic mass is 9.89. The Morgan fingerprint density at radius 1 is 1.63 bits per heavy atom. The van der Waals surface area contributed by atoms with E-state index in [1.807, 2.05) is 0 Å². The predicted molar refractivity (Wildman–Crippen MR) is 60.2 cm³/mol. The molecule has 1 aliphatic rings. The molecule has 0 saturated carbocycles. The molecule has 1 saturated heterocycles. The second-order valence-corrected chi connectivity index (χ2v) is 4.40. The van der Waals surface area contributed by atoms with Gasteiger partial charge in [-0.1, -0.05) is 0 Å². The number of halogens is 2. The van der Waals surface area contributed by atoms with Crippen molar-refractivity contribution in [3.63, 3.8) is 0 Å². The maximum atomic E-state index is 13.0. The van der Waals surface area contributed by atoms with E-state index in [0.717, 1.165) is 12.0 Å². The zero-order valence-corrected chi connectivity index (χ0v) is 10.3. The van der Waals surface area contributed by atoms with Crippen molar-refractivity contribution in [1.29, 1.82) is 0 Å². The SMILES string of the molecule is COC(=O)N1CC[C@@H](c2cc(=O)[nH]o2)C[C@H]1C(F)F. The van der Waals surface area contributed by atoms with Gasteiger partial charge < -0.3 is 9.26 Å². The Morgan fingerprint density at radius 3 is 2.89 bits per heavy atom. The third-order valence-electron chi connectivity index (χ3n) is 3.29. The molecule has 1 aromatic heterocycles. The molecule has 1 amide bonds. The van der Waals surface area contributed by atoms with Crippen molar-refractivity contribution in [3.8, 4) is 0 Å². The summed E-state index contributed by atoms with van der Waals surface area (Å²) in [5.41, 5.74) is -0.404. The van der Waals surface area contributed by atoms with Crippen molar-refractivity contribution in [2.45, 2.75) is 31.2 Å². The highest BCUT2D eigenvalue weighted by Crippen LogP contribution is 2.33. The molecule has 1 aromatic rings. The first-order valence-corrected chi connectivity index (χ1v) is 5.84. The van der Waals surface area contributed by atoms with E-state index in [1.165, 1.54) is 6.07 Å².